The highest BCUT2D eigenvalue weighted by atomic mass is 35.5. The highest BCUT2D eigenvalue weighted by Crippen LogP contribution is 2.25. The third-order valence-electron chi connectivity index (χ3n) is 3.86. The van der Waals surface area contributed by atoms with Gasteiger partial charge in [-0.2, -0.15) is 0 Å². The summed E-state index contributed by atoms with van der Waals surface area (Å²) >= 11 is 11.7. The van der Waals surface area contributed by atoms with Crippen LogP contribution in [-0.4, -0.2) is 60.9 Å². The summed E-state index contributed by atoms with van der Waals surface area (Å²) in [5.74, 6) is -1.02. The molecule has 8 heteroatoms. The summed E-state index contributed by atoms with van der Waals surface area (Å²) in [5.41, 5.74) is 0.107. The number of hydrogen-bond donors (Lipinski definition) is 1. The number of halogens is 3. The first kappa shape index (κ1) is 19.0. The van der Waals surface area contributed by atoms with Crippen LogP contribution in [0.1, 0.15) is 23.7 Å². The van der Waals surface area contributed by atoms with Crippen molar-refractivity contribution in [3.8, 4) is 0 Å². The van der Waals surface area contributed by atoms with E-state index in [0.29, 0.717) is 32.7 Å². The van der Waals surface area contributed by atoms with E-state index in [1.165, 1.54) is 6.07 Å². The average molecular weight is 376 g/mol. The summed E-state index contributed by atoms with van der Waals surface area (Å²) in [6, 6.07) is 2.31. The summed E-state index contributed by atoms with van der Waals surface area (Å²) in [5, 5.41) is 2.78. The maximum atomic E-state index is 13.6. The van der Waals surface area contributed by atoms with Gasteiger partial charge < -0.3 is 10.2 Å². The molecular formula is C16H20Cl2FN3O2. The minimum atomic E-state index is -0.669. The summed E-state index contributed by atoms with van der Waals surface area (Å²) in [6.07, 6.45) is 0.735. The van der Waals surface area contributed by atoms with Crippen molar-refractivity contribution >= 4 is 35.0 Å². The Hall–Kier alpha value is -1.37. The topological polar surface area (TPSA) is 52.7 Å². The second-order valence-corrected chi connectivity index (χ2v) is 6.44. The van der Waals surface area contributed by atoms with Crippen LogP contribution in [0.4, 0.5) is 4.39 Å². The van der Waals surface area contributed by atoms with Crippen LogP contribution in [0.15, 0.2) is 12.1 Å². The van der Waals surface area contributed by atoms with Gasteiger partial charge in [0.25, 0.3) is 5.91 Å². The molecule has 24 heavy (non-hydrogen) atoms. The predicted octanol–water partition coefficient (Wildman–Crippen LogP) is 2.42. The standard InChI is InChI=1S/C16H20Cl2FN3O2/c1-2-20-15(23)10-21-4-3-5-22(7-6-21)16(24)11-8-14(19)13(18)9-12(11)17/h8-9H,2-7,10H2,1H3,(H,20,23). The maximum Gasteiger partial charge on any atom is 0.255 e. The van der Waals surface area contributed by atoms with E-state index in [0.717, 1.165) is 19.0 Å². The van der Waals surface area contributed by atoms with Crippen molar-refractivity contribution in [3.05, 3.63) is 33.6 Å². The lowest BCUT2D eigenvalue weighted by Gasteiger charge is -2.22. The van der Waals surface area contributed by atoms with Crippen LogP contribution in [0.25, 0.3) is 0 Å². The lowest BCUT2D eigenvalue weighted by Crippen LogP contribution is -2.40. The van der Waals surface area contributed by atoms with Crippen molar-refractivity contribution in [2.45, 2.75) is 13.3 Å². The van der Waals surface area contributed by atoms with Gasteiger partial charge in [0.15, 0.2) is 0 Å². The number of carbonyl (C=O) groups excluding carboxylic acids is 2. The quantitative estimate of drug-likeness (QED) is 0.822. The molecule has 0 radical (unpaired) electrons. The van der Waals surface area contributed by atoms with Gasteiger partial charge in [0.05, 0.1) is 22.2 Å². The van der Waals surface area contributed by atoms with Crippen molar-refractivity contribution in [2.24, 2.45) is 0 Å². The Balaban J connectivity index is 2.02. The molecule has 1 N–H and O–H groups in total. The molecule has 2 rings (SSSR count). The van der Waals surface area contributed by atoms with Crippen LogP contribution in [0.3, 0.4) is 0 Å². The molecule has 1 aliphatic rings. The van der Waals surface area contributed by atoms with E-state index in [4.69, 9.17) is 23.2 Å². The Labute approximate surface area is 150 Å². The SMILES string of the molecule is CCNC(=O)CN1CCCN(C(=O)c2cc(F)c(Cl)cc2Cl)CC1. The predicted molar refractivity (Wildman–Crippen MR) is 92.1 cm³/mol. The summed E-state index contributed by atoms with van der Waals surface area (Å²) in [6.45, 7) is 5.07. The Bertz CT molecular complexity index is 628. The fourth-order valence-corrected chi connectivity index (χ4v) is 3.11. The van der Waals surface area contributed by atoms with E-state index in [9.17, 15) is 14.0 Å². The number of hydrogen-bond acceptors (Lipinski definition) is 3. The molecule has 0 spiro atoms. The van der Waals surface area contributed by atoms with Crippen molar-refractivity contribution in [1.29, 1.82) is 0 Å². The molecule has 5 nitrogen and oxygen atoms in total. The number of likely N-dealkylation sites (N-methyl/N-ethyl adjacent to an activating group) is 1. The first-order chi connectivity index (χ1) is 11.4. The van der Waals surface area contributed by atoms with E-state index in [-0.39, 0.29) is 27.4 Å². The molecule has 1 heterocycles. The van der Waals surface area contributed by atoms with E-state index in [1.807, 2.05) is 11.8 Å². The average Bonchev–Trinajstić information content (AvgIpc) is 2.76. The fourth-order valence-electron chi connectivity index (χ4n) is 2.65. The number of rotatable bonds is 4. The van der Waals surface area contributed by atoms with Gasteiger partial charge in [-0.1, -0.05) is 23.2 Å². The maximum absolute atomic E-state index is 13.6. The molecule has 0 aromatic heterocycles. The largest absolute Gasteiger partial charge is 0.355 e. The van der Waals surface area contributed by atoms with Crippen LogP contribution >= 0.6 is 23.2 Å². The van der Waals surface area contributed by atoms with Crippen molar-refractivity contribution in [1.82, 2.24) is 15.1 Å². The molecule has 0 atom stereocenters. The van der Waals surface area contributed by atoms with Gasteiger partial charge in [0.1, 0.15) is 5.82 Å². The molecule has 2 amide bonds. The molecule has 1 aromatic carbocycles. The van der Waals surface area contributed by atoms with Gasteiger partial charge in [0.2, 0.25) is 5.91 Å². The van der Waals surface area contributed by atoms with Crippen LogP contribution < -0.4 is 5.32 Å². The summed E-state index contributed by atoms with van der Waals surface area (Å²) < 4.78 is 13.6. The van der Waals surface area contributed by atoms with Crippen LogP contribution in [0, 0.1) is 5.82 Å². The van der Waals surface area contributed by atoms with Crippen molar-refractivity contribution in [2.75, 3.05) is 39.3 Å². The van der Waals surface area contributed by atoms with E-state index in [2.05, 4.69) is 5.32 Å². The number of amides is 2. The van der Waals surface area contributed by atoms with Gasteiger partial charge in [-0.15, -0.1) is 0 Å². The van der Waals surface area contributed by atoms with Crippen molar-refractivity contribution in [3.63, 3.8) is 0 Å². The zero-order valence-corrected chi connectivity index (χ0v) is 15.0. The minimum absolute atomic E-state index is 0.0277. The fraction of sp³-hybridized carbons (Fsp3) is 0.500. The molecular weight excluding hydrogens is 356 g/mol. The zero-order valence-electron chi connectivity index (χ0n) is 13.4. The first-order valence-corrected chi connectivity index (χ1v) is 8.60. The number of benzene rings is 1. The molecule has 0 bridgehead atoms. The highest BCUT2D eigenvalue weighted by Gasteiger charge is 2.23. The zero-order chi connectivity index (χ0) is 17.7. The number of nitrogens with zero attached hydrogens (tertiary/aromatic N) is 2. The smallest absolute Gasteiger partial charge is 0.255 e. The third-order valence-corrected chi connectivity index (χ3v) is 4.46. The van der Waals surface area contributed by atoms with Crippen LogP contribution in [-0.2, 0) is 4.79 Å². The lowest BCUT2D eigenvalue weighted by molar-refractivity contribution is -0.122. The second-order valence-electron chi connectivity index (χ2n) is 5.62. The molecule has 1 aromatic rings. The van der Waals surface area contributed by atoms with E-state index >= 15 is 0 Å². The van der Waals surface area contributed by atoms with Gasteiger partial charge in [-0.25, -0.2) is 4.39 Å². The van der Waals surface area contributed by atoms with Gasteiger partial charge in [0, 0.05) is 32.7 Å². The molecule has 0 saturated carbocycles. The monoisotopic (exact) mass is 375 g/mol. The molecule has 0 unspecified atom stereocenters. The normalized spacial score (nSPS) is 15.9. The molecule has 1 fully saturated rings. The molecule has 1 saturated heterocycles. The Morgan fingerprint density at radius 3 is 2.62 bits per heavy atom. The molecule has 0 aliphatic carbocycles. The minimum Gasteiger partial charge on any atom is -0.355 e. The first-order valence-electron chi connectivity index (χ1n) is 7.85. The highest BCUT2D eigenvalue weighted by molar-refractivity contribution is 6.36. The summed E-state index contributed by atoms with van der Waals surface area (Å²) in [4.78, 5) is 27.9. The molecule has 132 valence electrons. The number of nitrogens with one attached hydrogen (secondary N) is 1. The van der Waals surface area contributed by atoms with Gasteiger partial charge in [-0.3, -0.25) is 14.5 Å². The van der Waals surface area contributed by atoms with E-state index in [1.54, 1.807) is 4.90 Å². The Morgan fingerprint density at radius 1 is 1.17 bits per heavy atom. The van der Waals surface area contributed by atoms with Gasteiger partial charge in [-0.05, 0) is 25.5 Å². The van der Waals surface area contributed by atoms with E-state index < -0.39 is 5.82 Å². The Morgan fingerprint density at radius 2 is 1.92 bits per heavy atom. The van der Waals surface area contributed by atoms with Crippen LogP contribution in [0.5, 0.6) is 0 Å². The number of carbonyl (C=O) groups is 2. The van der Waals surface area contributed by atoms with Crippen LogP contribution in [0.2, 0.25) is 10.0 Å². The summed E-state index contributed by atoms with van der Waals surface area (Å²) in [7, 11) is 0. The second kappa shape index (κ2) is 8.65. The molecule has 1 aliphatic heterocycles. The van der Waals surface area contributed by atoms with Crippen molar-refractivity contribution < 1.29 is 14.0 Å². The van der Waals surface area contributed by atoms with Gasteiger partial charge >= 0.3 is 0 Å². The lowest BCUT2D eigenvalue weighted by atomic mass is 10.2. The third kappa shape index (κ3) is 4.82. The Kier molecular flexibility index (Phi) is 6.83.